The summed E-state index contributed by atoms with van der Waals surface area (Å²) in [5, 5.41) is 8.63. The molecule has 0 aliphatic carbocycles. The van der Waals surface area contributed by atoms with Crippen molar-refractivity contribution in [1.82, 2.24) is 10.2 Å². The summed E-state index contributed by atoms with van der Waals surface area (Å²) < 4.78 is 0. The molecular weight excluding hydrogens is 348 g/mol. The van der Waals surface area contributed by atoms with Crippen molar-refractivity contribution in [2.45, 2.75) is 32.9 Å². The molecule has 142 valence electrons. The normalized spacial score (nSPS) is 12.9. The maximum absolute atomic E-state index is 12.9. The number of benzene rings is 2. The van der Waals surface area contributed by atoms with Gasteiger partial charge in [0.15, 0.2) is 11.5 Å². The Hall–Kier alpha value is -3.21. The van der Waals surface area contributed by atoms with Gasteiger partial charge in [0.05, 0.1) is 0 Å². The number of carbonyl (C=O) groups excluding carboxylic acids is 1. The molecule has 0 spiro atoms. The summed E-state index contributed by atoms with van der Waals surface area (Å²) in [6.45, 7) is 5.70. The Balaban J connectivity index is 1.54. The standard InChI is InChI=1S/C23H24N4O/c1-17(2)27(16-18-8-4-3-5-9-18)22-13-12-20(24-25-22)23(28)26-15-14-19-10-6-7-11-21(19)26/h3-13,17H,14-16H2,1-2H3. The number of aromatic nitrogens is 2. The molecule has 1 aliphatic heterocycles. The summed E-state index contributed by atoms with van der Waals surface area (Å²) in [6, 6.07) is 22.3. The minimum Gasteiger partial charge on any atom is -0.348 e. The summed E-state index contributed by atoms with van der Waals surface area (Å²) in [4.78, 5) is 16.9. The second-order valence-corrected chi connectivity index (χ2v) is 7.32. The number of hydrogen-bond acceptors (Lipinski definition) is 4. The second-order valence-electron chi connectivity index (χ2n) is 7.32. The van der Waals surface area contributed by atoms with E-state index in [0.717, 1.165) is 24.5 Å². The molecule has 1 aromatic heterocycles. The Morgan fingerprint density at radius 1 is 1.00 bits per heavy atom. The van der Waals surface area contributed by atoms with Crippen LogP contribution in [0, 0.1) is 0 Å². The molecule has 0 unspecified atom stereocenters. The van der Waals surface area contributed by atoms with Gasteiger partial charge in [-0.15, -0.1) is 10.2 Å². The first-order valence-electron chi connectivity index (χ1n) is 9.67. The summed E-state index contributed by atoms with van der Waals surface area (Å²) >= 11 is 0. The van der Waals surface area contributed by atoms with E-state index in [4.69, 9.17) is 0 Å². The van der Waals surface area contributed by atoms with Crippen LogP contribution in [0.1, 0.15) is 35.5 Å². The molecular formula is C23H24N4O. The van der Waals surface area contributed by atoms with E-state index in [2.05, 4.69) is 47.1 Å². The van der Waals surface area contributed by atoms with Gasteiger partial charge in [0.2, 0.25) is 0 Å². The number of fused-ring (bicyclic) bond motifs is 1. The van der Waals surface area contributed by atoms with Crippen molar-refractivity contribution in [1.29, 1.82) is 0 Å². The summed E-state index contributed by atoms with van der Waals surface area (Å²) in [5.74, 6) is 0.681. The fraction of sp³-hybridized carbons (Fsp3) is 0.261. The third kappa shape index (κ3) is 3.60. The average Bonchev–Trinajstić information content (AvgIpc) is 3.16. The van der Waals surface area contributed by atoms with Gasteiger partial charge < -0.3 is 9.80 Å². The van der Waals surface area contributed by atoms with Gasteiger partial charge in [-0.1, -0.05) is 48.5 Å². The molecule has 1 amide bonds. The molecule has 0 bridgehead atoms. The smallest absolute Gasteiger partial charge is 0.278 e. The molecule has 0 saturated heterocycles. The van der Waals surface area contributed by atoms with E-state index in [1.54, 1.807) is 11.0 Å². The van der Waals surface area contributed by atoms with Crippen molar-refractivity contribution in [3.05, 3.63) is 83.6 Å². The van der Waals surface area contributed by atoms with E-state index in [9.17, 15) is 4.79 Å². The number of rotatable bonds is 5. The van der Waals surface area contributed by atoms with Crippen LogP contribution in [0.25, 0.3) is 0 Å². The minimum atomic E-state index is -0.0943. The Bertz CT molecular complexity index is 954. The number of anilines is 2. The van der Waals surface area contributed by atoms with E-state index >= 15 is 0 Å². The maximum Gasteiger partial charge on any atom is 0.278 e. The molecule has 0 radical (unpaired) electrons. The van der Waals surface area contributed by atoms with Crippen molar-refractivity contribution in [3.63, 3.8) is 0 Å². The van der Waals surface area contributed by atoms with Crippen molar-refractivity contribution < 1.29 is 4.79 Å². The van der Waals surface area contributed by atoms with E-state index in [-0.39, 0.29) is 11.9 Å². The highest BCUT2D eigenvalue weighted by atomic mass is 16.2. The lowest BCUT2D eigenvalue weighted by atomic mass is 10.2. The van der Waals surface area contributed by atoms with Crippen molar-refractivity contribution in [3.8, 4) is 0 Å². The van der Waals surface area contributed by atoms with Crippen LogP contribution in [0.2, 0.25) is 0 Å². The highest BCUT2D eigenvalue weighted by molar-refractivity contribution is 6.06. The largest absolute Gasteiger partial charge is 0.348 e. The lowest BCUT2D eigenvalue weighted by Gasteiger charge is -2.27. The molecule has 2 heterocycles. The van der Waals surface area contributed by atoms with Gasteiger partial charge in [-0.3, -0.25) is 4.79 Å². The second kappa shape index (κ2) is 7.80. The van der Waals surface area contributed by atoms with Gasteiger partial charge in [-0.05, 0) is 49.6 Å². The lowest BCUT2D eigenvalue weighted by molar-refractivity contribution is 0.0983. The van der Waals surface area contributed by atoms with E-state index < -0.39 is 0 Å². The quantitative estimate of drug-likeness (QED) is 0.677. The van der Waals surface area contributed by atoms with Crippen LogP contribution in [0.3, 0.4) is 0 Å². The van der Waals surface area contributed by atoms with Gasteiger partial charge in [-0.25, -0.2) is 0 Å². The van der Waals surface area contributed by atoms with Crippen LogP contribution in [0.5, 0.6) is 0 Å². The highest BCUT2D eigenvalue weighted by Gasteiger charge is 2.26. The average molecular weight is 372 g/mol. The van der Waals surface area contributed by atoms with Crippen LogP contribution in [-0.4, -0.2) is 28.7 Å². The Morgan fingerprint density at radius 2 is 1.75 bits per heavy atom. The first kappa shape index (κ1) is 18.2. The van der Waals surface area contributed by atoms with E-state index in [1.807, 2.05) is 42.5 Å². The first-order chi connectivity index (χ1) is 13.6. The highest BCUT2D eigenvalue weighted by Crippen LogP contribution is 2.28. The zero-order valence-corrected chi connectivity index (χ0v) is 16.2. The summed E-state index contributed by atoms with van der Waals surface area (Å²) in [5.41, 5.74) is 3.77. The van der Waals surface area contributed by atoms with Crippen LogP contribution in [0.4, 0.5) is 11.5 Å². The number of para-hydroxylation sites is 1. The van der Waals surface area contributed by atoms with Crippen LogP contribution in [-0.2, 0) is 13.0 Å². The molecule has 2 aromatic carbocycles. The number of amides is 1. The lowest BCUT2D eigenvalue weighted by Crippen LogP contribution is -2.32. The molecule has 5 nitrogen and oxygen atoms in total. The van der Waals surface area contributed by atoms with Gasteiger partial charge in [-0.2, -0.15) is 0 Å². The van der Waals surface area contributed by atoms with Crippen molar-refractivity contribution in [2.24, 2.45) is 0 Å². The minimum absolute atomic E-state index is 0.0943. The molecule has 1 aliphatic rings. The number of carbonyl (C=O) groups is 1. The van der Waals surface area contributed by atoms with E-state index in [1.165, 1.54) is 11.1 Å². The monoisotopic (exact) mass is 372 g/mol. The van der Waals surface area contributed by atoms with Gasteiger partial charge >= 0.3 is 0 Å². The predicted octanol–water partition coefficient (Wildman–Crippen LogP) is 4.09. The number of nitrogens with zero attached hydrogens (tertiary/aromatic N) is 4. The molecule has 0 N–H and O–H groups in total. The SMILES string of the molecule is CC(C)N(Cc1ccccc1)c1ccc(C(=O)N2CCc3ccccc32)nn1. The van der Waals surface area contributed by atoms with Gasteiger partial charge in [0, 0.05) is 24.8 Å². The third-order valence-electron chi connectivity index (χ3n) is 5.12. The summed E-state index contributed by atoms with van der Waals surface area (Å²) in [6.07, 6.45) is 0.881. The molecule has 28 heavy (non-hydrogen) atoms. The zero-order valence-electron chi connectivity index (χ0n) is 16.2. The van der Waals surface area contributed by atoms with Gasteiger partial charge in [0.25, 0.3) is 5.91 Å². The van der Waals surface area contributed by atoms with E-state index in [0.29, 0.717) is 12.2 Å². The molecule has 5 heteroatoms. The predicted molar refractivity (Wildman–Crippen MR) is 112 cm³/mol. The van der Waals surface area contributed by atoms with Crippen LogP contribution in [0.15, 0.2) is 66.7 Å². The van der Waals surface area contributed by atoms with Crippen molar-refractivity contribution in [2.75, 3.05) is 16.3 Å². The summed E-state index contributed by atoms with van der Waals surface area (Å²) in [7, 11) is 0. The fourth-order valence-electron chi connectivity index (χ4n) is 3.59. The fourth-order valence-corrected chi connectivity index (χ4v) is 3.59. The molecule has 0 saturated carbocycles. The Morgan fingerprint density at radius 3 is 2.46 bits per heavy atom. The topological polar surface area (TPSA) is 49.3 Å². The maximum atomic E-state index is 12.9. The van der Waals surface area contributed by atoms with Crippen LogP contribution >= 0.6 is 0 Å². The molecule has 4 rings (SSSR count). The number of hydrogen-bond donors (Lipinski definition) is 0. The zero-order chi connectivity index (χ0) is 19.5. The first-order valence-corrected chi connectivity index (χ1v) is 9.67. The molecule has 0 atom stereocenters. The Labute approximate surface area is 165 Å². The molecule has 3 aromatic rings. The van der Waals surface area contributed by atoms with Gasteiger partial charge in [0.1, 0.15) is 0 Å². The molecule has 0 fully saturated rings. The third-order valence-corrected chi connectivity index (χ3v) is 5.12. The van der Waals surface area contributed by atoms with Crippen LogP contribution < -0.4 is 9.80 Å². The Kier molecular flexibility index (Phi) is 5.06. The van der Waals surface area contributed by atoms with Crippen molar-refractivity contribution >= 4 is 17.4 Å².